The number of hydrogen-bond acceptors (Lipinski definition) is 3. The minimum atomic E-state index is -3.70. The number of aryl methyl sites for hydroxylation is 1. The summed E-state index contributed by atoms with van der Waals surface area (Å²) in [5.74, 6) is 0. The van der Waals surface area contributed by atoms with Crippen molar-refractivity contribution in [2.75, 3.05) is 0 Å². The van der Waals surface area contributed by atoms with Crippen molar-refractivity contribution in [3.8, 4) is 0 Å². The summed E-state index contributed by atoms with van der Waals surface area (Å²) < 4.78 is 24.0. The zero-order valence-electron chi connectivity index (χ0n) is 10.7. The Morgan fingerprint density at radius 1 is 1.05 bits per heavy atom. The Morgan fingerprint density at radius 3 is 2.30 bits per heavy atom. The largest absolute Gasteiger partial charge is 0.276 e. The molecule has 0 fully saturated rings. The third-order valence-electron chi connectivity index (χ3n) is 2.68. The first kappa shape index (κ1) is 14.6. The van der Waals surface area contributed by atoms with Gasteiger partial charge >= 0.3 is 0 Å². The lowest BCUT2D eigenvalue weighted by Gasteiger charge is -2.05. The molecule has 0 bridgehead atoms. The molecule has 4 nitrogen and oxygen atoms in total. The predicted molar refractivity (Wildman–Crippen MR) is 80.3 cm³/mol. The fourth-order valence-corrected chi connectivity index (χ4v) is 2.75. The normalized spacial score (nSPS) is 12.2. The van der Waals surface area contributed by atoms with Crippen LogP contribution in [-0.2, 0) is 10.0 Å². The maximum Gasteiger partial charge on any atom is 0.276 e. The third-order valence-corrected chi connectivity index (χ3v) is 4.20. The van der Waals surface area contributed by atoms with E-state index in [9.17, 15) is 8.42 Å². The molecule has 1 N–H and O–H groups in total. The summed E-state index contributed by atoms with van der Waals surface area (Å²) in [7, 11) is -3.70. The third kappa shape index (κ3) is 3.37. The van der Waals surface area contributed by atoms with E-state index in [-0.39, 0.29) is 10.1 Å². The zero-order chi connectivity index (χ0) is 14.6. The van der Waals surface area contributed by atoms with Crippen molar-refractivity contribution in [3.05, 3.63) is 65.7 Å². The van der Waals surface area contributed by atoms with Crippen LogP contribution in [0.25, 0.3) is 0 Å². The van der Waals surface area contributed by atoms with E-state index < -0.39 is 10.0 Å². The molecular weight excluding hydrogens is 296 g/mol. The summed E-state index contributed by atoms with van der Waals surface area (Å²) in [6, 6.07) is 15.3. The van der Waals surface area contributed by atoms with Crippen LogP contribution in [0.2, 0.25) is 0 Å². The van der Waals surface area contributed by atoms with Gasteiger partial charge in [0.15, 0.2) is 5.17 Å². The molecule has 2 aromatic rings. The molecule has 0 radical (unpaired) electrons. The first-order valence-corrected chi connectivity index (χ1v) is 7.73. The topological polar surface area (TPSA) is 58.5 Å². The van der Waals surface area contributed by atoms with Gasteiger partial charge in [-0.1, -0.05) is 54.1 Å². The standard InChI is InChI=1S/C14H13ClN2O2S/c1-11-7-5-6-10-13(11)14(15)16-17-20(18,19)12-8-3-2-4-9-12/h2-10,17H,1H3/b16-14+. The molecule has 0 amide bonds. The number of sulfonamides is 1. The van der Waals surface area contributed by atoms with Gasteiger partial charge in [-0.3, -0.25) is 0 Å². The van der Waals surface area contributed by atoms with Gasteiger partial charge in [-0.15, -0.1) is 0 Å². The Hall–Kier alpha value is -1.85. The highest BCUT2D eigenvalue weighted by Gasteiger charge is 2.12. The molecule has 0 saturated heterocycles. The lowest BCUT2D eigenvalue weighted by molar-refractivity contribution is 0.584. The summed E-state index contributed by atoms with van der Waals surface area (Å²) in [5, 5.41) is 3.85. The van der Waals surface area contributed by atoms with Gasteiger partial charge in [0.25, 0.3) is 10.0 Å². The number of halogens is 1. The molecule has 0 saturated carbocycles. The van der Waals surface area contributed by atoms with E-state index in [1.54, 1.807) is 24.3 Å². The average molecular weight is 309 g/mol. The van der Waals surface area contributed by atoms with Crippen molar-refractivity contribution < 1.29 is 8.42 Å². The van der Waals surface area contributed by atoms with Crippen LogP contribution in [0.5, 0.6) is 0 Å². The molecule has 0 atom stereocenters. The lowest BCUT2D eigenvalue weighted by atomic mass is 10.1. The minimum absolute atomic E-state index is 0.0996. The summed E-state index contributed by atoms with van der Waals surface area (Å²) in [5.41, 5.74) is 1.60. The van der Waals surface area contributed by atoms with Crippen molar-refractivity contribution in [1.82, 2.24) is 4.83 Å². The molecule has 0 aliphatic carbocycles. The molecule has 0 spiro atoms. The van der Waals surface area contributed by atoms with Gasteiger partial charge in [-0.25, -0.2) is 0 Å². The number of hydrazone groups is 1. The maximum absolute atomic E-state index is 12.0. The zero-order valence-corrected chi connectivity index (χ0v) is 12.3. The molecule has 0 heterocycles. The van der Waals surface area contributed by atoms with Gasteiger partial charge in [0.1, 0.15) is 0 Å². The number of nitrogens with one attached hydrogen (secondary N) is 1. The number of benzene rings is 2. The lowest BCUT2D eigenvalue weighted by Crippen LogP contribution is -2.19. The molecule has 104 valence electrons. The smallest absolute Gasteiger partial charge is 0.200 e. The highest BCUT2D eigenvalue weighted by molar-refractivity contribution is 7.89. The van der Waals surface area contributed by atoms with Gasteiger partial charge in [-0.05, 0) is 24.6 Å². The van der Waals surface area contributed by atoms with E-state index in [1.807, 2.05) is 25.1 Å². The Bertz CT molecular complexity index is 728. The van der Waals surface area contributed by atoms with Gasteiger partial charge in [0.2, 0.25) is 0 Å². The summed E-state index contributed by atoms with van der Waals surface area (Å²) >= 11 is 6.03. The molecular formula is C14H13ClN2O2S. The van der Waals surface area contributed by atoms with E-state index >= 15 is 0 Å². The van der Waals surface area contributed by atoms with E-state index in [2.05, 4.69) is 9.93 Å². The second-order valence-electron chi connectivity index (χ2n) is 4.13. The number of hydrogen-bond donors (Lipinski definition) is 1. The van der Waals surface area contributed by atoms with Gasteiger partial charge in [-0.2, -0.15) is 18.4 Å². The number of rotatable bonds is 4. The second kappa shape index (κ2) is 6.07. The molecule has 6 heteroatoms. The summed E-state index contributed by atoms with van der Waals surface area (Å²) in [4.78, 5) is 2.27. The van der Waals surface area contributed by atoms with Crippen LogP contribution in [0.15, 0.2) is 64.6 Å². The van der Waals surface area contributed by atoms with Gasteiger partial charge in [0.05, 0.1) is 4.90 Å². The fourth-order valence-electron chi connectivity index (χ4n) is 1.62. The molecule has 2 rings (SSSR count). The predicted octanol–water partition coefficient (Wildman–Crippen LogP) is 2.87. The van der Waals surface area contributed by atoms with Crippen LogP contribution in [0.1, 0.15) is 11.1 Å². The van der Waals surface area contributed by atoms with Gasteiger partial charge < -0.3 is 0 Å². The van der Waals surface area contributed by atoms with Crippen molar-refractivity contribution in [2.24, 2.45) is 5.10 Å². The Balaban J connectivity index is 2.23. The van der Waals surface area contributed by atoms with Gasteiger partial charge in [0, 0.05) is 5.56 Å². The first-order chi connectivity index (χ1) is 9.50. The van der Waals surface area contributed by atoms with E-state index in [1.165, 1.54) is 12.1 Å². The highest BCUT2D eigenvalue weighted by atomic mass is 35.5. The highest BCUT2D eigenvalue weighted by Crippen LogP contribution is 2.12. The van der Waals surface area contributed by atoms with E-state index in [0.717, 1.165) is 5.56 Å². The second-order valence-corrected chi connectivity index (χ2v) is 6.14. The van der Waals surface area contributed by atoms with E-state index in [0.29, 0.717) is 5.56 Å². The Kier molecular flexibility index (Phi) is 4.42. The van der Waals surface area contributed by atoms with Crippen LogP contribution in [0, 0.1) is 6.92 Å². The van der Waals surface area contributed by atoms with Crippen LogP contribution in [0.4, 0.5) is 0 Å². The minimum Gasteiger partial charge on any atom is -0.200 e. The Morgan fingerprint density at radius 2 is 1.65 bits per heavy atom. The van der Waals surface area contributed by atoms with E-state index in [4.69, 9.17) is 11.6 Å². The quantitative estimate of drug-likeness (QED) is 0.697. The van der Waals surface area contributed by atoms with Crippen molar-refractivity contribution in [2.45, 2.75) is 11.8 Å². The first-order valence-electron chi connectivity index (χ1n) is 5.87. The molecule has 0 unspecified atom stereocenters. The maximum atomic E-state index is 12.0. The average Bonchev–Trinajstić information content (AvgIpc) is 2.46. The van der Waals surface area contributed by atoms with Crippen LogP contribution >= 0.6 is 11.6 Å². The van der Waals surface area contributed by atoms with Crippen LogP contribution < -0.4 is 4.83 Å². The molecule has 0 aliphatic rings. The van der Waals surface area contributed by atoms with Crippen LogP contribution in [-0.4, -0.2) is 13.6 Å². The van der Waals surface area contributed by atoms with Crippen LogP contribution in [0.3, 0.4) is 0 Å². The molecule has 2 aromatic carbocycles. The Labute approximate surface area is 123 Å². The van der Waals surface area contributed by atoms with Crippen molar-refractivity contribution in [3.63, 3.8) is 0 Å². The van der Waals surface area contributed by atoms with Crippen molar-refractivity contribution in [1.29, 1.82) is 0 Å². The molecule has 0 aliphatic heterocycles. The number of nitrogens with zero attached hydrogens (tertiary/aromatic N) is 1. The fraction of sp³-hybridized carbons (Fsp3) is 0.0714. The summed E-state index contributed by atoms with van der Waals surface area (Å²) in [6.45, 7) is 1.87. The SMILES string of the molecule is Cc1ccccc1/C(Cl)=N\NS(=O)(=O)c1ccccc1. The molecule has 0 aromatic heterocycles. The summed E-state index contributed by atoms with van der Waals surface area (Å²) in [6.07, 6.45) is 0. The van der Waals surface area contributed by atoms with Crippen molar-refractivity contribution >= 4 is 26.8 Å². The molecule has 20 heavy (non-hydrogen) atoms. The monoisotopic (exact) mass is 308 g/mol.